The highest BCUT2D eigenvalue weighted by Gasteiger charge is 2.49. The van der Waals surface area contributed by atoms with Gasteiger partial charge < -0.3 is 9.84 Å². The van der Waals surface area contributed by atoms with Gasteiger partial charge in [-0.2, -0.15) is 13.2 Å². The Morgan fingerprint density at radius 3 is 2.33 bits per heavy atom. The van der Waals surface area contributed by atoms with E-state index in [-0.39, 0.29) is 5.75 Å². The van der Waals surface area contributed by atoms with E-state index in [2.05, 4.69) is 0 Å². The van der Waals surface area contributed by atoms with Gasteiger partial charge in [0.25, 0.3) is 0 Å². The van der Waals surface area contributed by atoms with Gasteiger partial charge in [0, 0.05) is 5.41 Å². The van der Waals surface area contributed by atoms with E-state index in [0.717, 1.165) is 6.07 Å². The van der Waals surface area contributed by atoms with Gasteiger partial charge in [-0.3, -0.25) is 0 Å². The summed E-state index contributed by atoms with van der Waals surface area (Å²) in [6.45, 7) is 1.62. The summed E-state index contributed by atoms with van der Waals surface area (Å²) in [6, 6.07) is 4.02. The minimum atomic E-state index is -4.45. The molecule has 1 N–H and O–H groups in total. The molecular formula is C13H15F3O2. The molecule has 0 amide bonds. The molecule has 1 saturated carbocycles. The monoisotopic (exact) mass is 260 g/mol. The molecule has 0 radical (unpaired) electrons. The summed E-state index contributed by atoms with van der Waals surface area (Å²) in [5, 5.41) is 9.70. The van der Waals surface area contributed by atoms with Gasteiger partial charge in [-0.25, -0.2) is 0 Å². The van der Waals surface area contributed by atoms with Crippen molar-refractivity contribution in [1.82, 2.24) is 0 Å². The molecule has 1 fully saturated rings. The molecule has 0 aromatic heterocycles. The third kappa shape index (κ3) is 2.07. The van der Waals surface area contributed by atoms with Gasteiger partial charge in [0.2, 0.25) is 0 Å². The minimum Gasteiger partial charge on any atom is -0.496 e. The fourth-order valence-corrected chi connectivity index (χ4v) is 2.32. The zero-order chi connectivity index (χ0) is 13.6. The Hall–Kier alpha value is -1.23. The largest absolute Gasteiger partial charge is 0.496 e. The molecule has 0 bridgehead atoms. The van der Waals surface area contributed by atoms with Gasteiger partial charge in [0.1, 0.15) is 5.75 Å². The first kappa shape index (κ1) is 13.2. The molecule has 1 atom stereocenters. The van der Waals surface area contributed by atoms with Gasteiger partial charge in [-0.15, -0.1) is 0 Å². The Labute approximate surface area is 103 Å². The summed E-state index contributed by atoms with van der Waals surface area (Å²) in [5.41, 5.74) is -0.758. The van der Waals surface area contributed by atoms with Crippen molar-refractivity contribution in [2.24, 2.45) is 0 Å². The highest BCUT2D eigenvalue weighted by Crippen LogP contribution is 2.52. The van der Waals surface area contributed by atoms with Crippen molar-refractivity contribution in [3.63, 3.8) is 0 Å². The molecule has 1 aromatic rings. The van der Waals surface area contributed by atoms with E-state index in [0.29, 0.717) is 18.4 Å². The molecule has 1 aromatic carbocycles. The molecule has 1 aliphatic carbocycles. The molecule has 0 spiro atoms. The molecular weight excluding hydrogens is 245 g/mol. The fraction of sp³-hybridized carbons (Fsp3) is 0.538. The number of alkyl halides is 3. The molecule has 5 heteroatoms. The Bertz CT molecular complexity index is 448. The second kappa shape index (κ2) is 4.16. The highest BCUT2D eigenvalue weighted by molar-refractivity contribution is 5.44. The van der Waals surface area contributed by atoms with E-state index < -0.39 is 23.3 Å². The van der Waals surface area contributed by atoms with Crippen molar-refractivity contribution in [2.75, 3.05) is 7.11 Å². The predicted molar refractivity (Wildman–Crippen MR) is 60.6 cm³/mol. The van der Waals surface area contributed by atoms with E-state index in [1.54, 1.807) is 13.0 Å². The van der Waals surface area contributed by atoms with Crippen LogP contribution in [0.5, 0.6) is 5.75 Å². The van der Waals surface area contributed by atoms with Crippen LogP contribution >= 0.6 is 0 Å². The Morgan fingerprint density at radius 1 is 1.33 bits per heavy atom. The van der Waals surface area contributed by atoms with Crippen LogP contribution in [-0.2, 0) is 11.6 Å². The molecule has 2 rings (SSSR count). The number of methoxy groups -OCH3 is 1. The number of hydrogen-bond donors (Lipinski definition) is 1. The number of aliphatic hydroxyl groups is 1. The fourth-order valence-electron chi connectivity index (χ4n) is 2.32. The standard InChI is InChI=1S/C13H15F3O2/c1-8(17)12(5-6-12)9-3-4-11(18-2)10(7-9)13(14,15)16/h3-4,7-8,17H,5-6H2,1-2H3. The summed E-state index contributed by atoms with van der Waals surface area (Å²) >= 11 is 0. The van der Waals surface area contributed by atoms with Crippen LogP contribution in [0.3, 0.4) is 0 Å². The first-order chi connectivity index (χ1) is 8.31. The van der Waals surface area contributed by atoms with Crippen LogP contribution in [0, 0.1) is 0 Å². The van der Waals surface area contributed by atoms with Crippen molar-refractivity contribution in [2.45, 2.75) is 37.5 Å². The highest BCUT2D eigenvalue weighted by atomic mass is 19.4. The Morgan fingerprint density at radius 2 is 1.94 bits per heavy atom. The van der Waals surface area contributed by atoms with Crippen molar-refractivity contribution < 1.29 is 23.0 Å². The van der Waals surface area contributed by atoms with Gasteiger partial charge in [-0.1, -0.05) is 6.07 Å². The SMILES string of the molecule is COc1ccc(C2(C(C)O)CC2)cc1C(F)(F)F. The predicted octanol–water partition coefficient (Wildman–Crippen LogP) is 3.13. The molecule has 1 aliphatic rings. The molecule has 100 valence electrons. The first-order valence-corrected chi connectivity index (χ1v) is 5.75. The molecule has 0 aliphatic heterocycles. The number of benzene rings is 1. The maximum absolute atomic E-state index is 12.9. The minimum absolute atomic E-state index is 0.187. The van der Waals surface area contributed by atoms with E-state index in [9.17, 15) is 18.3 Å². The topological polar surface area (TPSA) is 29.5 Å². The molecule has 1 unspecified atom stereocenters. The summed E-state index contributed by atoms with van der Waals surface area (Å²) in [5.74, 6) is -0.187. The summed E-state index contributed by atoms with van der Waals surface area (Å²) in [4.78, 5) is 0. The lowest BCUT2D eigenvalue weighted by atomic mass is 9.89. The third-order valence-electron chi connectivity index (χ3n) is 3.67. The second-order valence-electron chi connectivity index (χ2n) is 4.74. The average molecular weight is 260 g/mol. The van der Waals surface area contributed by atoms with Crippen LogP contribution in [0.4, 0.5) is 13.2 Å². The molecule has 0 saturated heterocycles. The number of rotatable bonds is 3. The van der Waals surface area contributed by atoms with E-state index in [1.807, 2.05) is 0 Å². The smallest absolute Gasteiger partial charge is 0.419 e. The van der Waals surface area contributed by atoms with E-state index >= 15 is 0 Å². The number of aliphatic hydroxyl groups excluding tert-OH is 1. The maximum Gasteiger partial charge on any atom is 0.419 e. The van der Waals surface area contributed by atoms with Crippen LogP contribution in [0.15, 0.2) is 18.2 Å². The Kier molecular flexibility index (Phi) is 3.05. The summed E-state index contributed by atoms with van der Waals surface area (Å²) in [6.07, 6.45) is -3.66. The Balaban J connectivity index is 2.47. The van der Waals surface area contributed by atoms with Crippen LogP contribution in [-0.4, -0.2) is 18.3 Å². The lowest BCUT2D eigenvalue weighted by Crippen LogP contribution is -2.23. The van der Waals surface area contributed by atoms with Gasteiger partial charge in [0.15, 0.2) is 0 Å². The van der Waals surface area contributed by atoms with Crippen LogP contribution < -0.4 is 4.74 Å². The summed E-state index contributed by atoms with van der Waals surface area (Å²) < 4.78 is 43.4. The van der Waals surface area contributed by atoms with Gasteiger partial charge >= 0.3 is 6.18 Å². The molecule has 2 nitrogen and oxygen atoms in total. The van der Waals surface area contributed by atoms with Crippen LogP contribution in [0.1, 0.15) is 30.9 Å². The lowest BCUT2D eigenvalue weighted by molar-refractivity contribution is -0.138. The second-order valence-corrected chi connectivity index (χ2v) is 4.74. The van der Waals surface area contributed by atoms with Gasteiger partial charge in [0.05, 0.1) is 18.8 Å². The maximum atomic E-state index is 12.9. The van der Waals surface area contributed by atoms with Crippen molar-refractivity contribution in [1.29, 1.82) is 0 Å². The normalized spacial score (nSPS) is 19.4. The van der Waals surface area contributed by atoms with E-state index in [4.69, 9.17) is 4.74 Å². The molecule has 18 heavy (non-hydrogen) atoms. The zero-order valence-corrected chi connectivity index (χ0v) is 10.2. The summed E-state index contributed by atoms with van der Waals surface area (Å²) in [7, 11) is 1.21. The first-order valence-electron chi connectivity index (χ1n) is 5.75. The van der Waals surface area contributed by atoms with Crippen LogP contribution in [0.2, 0.25) is 0 Å². The van der Waals surface area contributed by atoms with E-state index in [1.165, 1.54) is 13.2 Å². The third-order valence-corrected chi connectivity index (χ3v) is 3.67. The number of halogens is 3. The number of hydrogen-bond acceptors (Lipinski definition) is 2. The average Bonchev–Trinajstić information content (AvgIpc) is 3.08. The molecule has 0 heterocycles. The van der Waals surface area contributed by atoms with Gasteiger partial charge in [-0.05, 0) is 37.5 Å². The number of ether oxygens (including phenoxy) is 1. The zero-order valence-electron chi connectivity index (χ0n) is 10.2. The quantitative estimate of drug-likeness (QED) is 0.904. The lowest BCUT2D eigenvalue weighted by Gasteiger charge is -2.21. The van der Waals surface area contributed by atoms with Crippen molar-refractivity contribution in [3.8, 4) is 5.75 Å². The van der Waals surface area contributed by atoms with Crippen LogP contribution in [0.25, 0.3) is 0 Å². The van der Waals surface area contributed by atoms with Crippen molar-refractivity contribution in [3.05, 3.63) is 29.3 Å². The van der Waals surface area contributed by atoms with Crippen molar-refractivity contribution >= 4 is 0 Å².